The van der Waals surface area contributed by atoms with Crippen molar-refractivity contribution < 1.29 is 9.59 Å². The third kappa shape index (κ3) is 2.80. The van der Waals surface area contributed by atoms with Crippen LogP contribution in [0.1, 0.15) is 48.0 Å². The van der Waals surface area contributed by atoms with E-state index in [0.29, 0.717) is 12.0 Å². The molecule has 0 aromatic heterocycles. The van der Waals surface area contributed by atoms with E-state index in [0.717, 1.165) is 50.1 Å². The van der Waals surface area contributed by atoms with Gasteiger partial charge in [-0.05, 0) is 50.3 Å². The molecular formula is C17H22N2O2. The van der Waals surface area contributed by atoms with E-state index in [1.165, 1.54) is 6.42 Å². The standard InChI is InChI=1S/C17H22N2O2/c1-13-7-8-14(17(21)18-9-3-2-4-10-18)12-15(13)19-11-5-6-16(19)20/h7-8,12H,2-6,9-11H2,1H3. The molecule has 0 saturated carbocycles. The fourth-order valence-corrected chi connectivity index (χ4v) is 3.22. The van der Waals surface area contributed by atoms with Crippen LogP contribution in [0.25, 0.3) is 0 Å². The largest absolute Gasteiger partial charge is 0.339 e. The number of piperidine rings is 1. The number of hydrogen-bond acceptors (Lipinski definition) is 2. The minimum absolute atomic E-state index is 0.0996. The first-order chi connectivity index (χ1) is 10.2. The van der Waals surface area contributed by atoms with Crippen molar-refractivity contribution in [1.82, 2.24) is 4.90 Å². The molecule has 21 heavy (non-hydrogen) atoms. The summed E-state index contributed by atoms with van der Waals surface area (Å²) in [7, 11) is 0. The molecule has 0 aliphatic carbocycles. The van der Waals surface area contributed by atoms with Crippen LogP contribution in [0.15, 0.2) is 18.2 Å². The second-order valence-corrected chi connectivity index (χ2v) is 6.00. The number of benzene rings is 1. The van der Waals surface area contributed by atoms with Gasteiger partial charge in [-0.2, -0.15) is 0 Å². The zero-order chi connectivity index (χ0) is 14.8. The number of carbonyl (C=O) groups is 2. The third-order valence-corrected chi connectivity index (χ3v) is 4.46. The Morgan fingerprint density at radius 3 is 2.48 bits per heavy atom. The van der Waals surface area contributed by atoms with E-state index in [1.807, 2.05) is 34.9 Å². The quantitative estimate of drug-likeness (QED) is 0.838. The lowest BCUT2D eigenvalue weighted by Crippen LogP contribution is -2.35. The van der Waals surface area contributed by atoms with E-state index in [-0.39, 0.29) is 11.8 Å². The zero-order valence-electron chi connectivity index (χ0n) is 12.6. The normalized spacial score (nSPS) is 19.2. The Labute approximate surface area is 125 Å². The Kier molecular flexibility index (Phi) is 3.95. The van der Waals surface area contributed by atoms with E-state index in [4.69, 9.17) is 0 Å². The summed E-state index contributed by atoms with van der Waals surface area (Å²) < 4.78 is 0. The summed E-state index contributed by atoms with van der Waals surface area (Å²) in [4.78, 5) is 28.3. The molecule has 2 fully saturated rings. The van der Waals surface area contributed by atoms with Crippen molar-refractivity contribution in [3.63, 3.8) is 0 Å². The average Bonchev–Trinajstić information content (AvgIpc) is 2.94. The molecular weight excluding hydrogens is 264 g/mol. The summed E-state index contributed by atoms with van der Waals surface area (Å²) in [6.07, 6.45) is 4.92. The molecule has 112 valence electrons. The highest BCUT2D eigenvalue weighted by molar-refractivity contribution is 5.99. The van der Waals surface area contributed by atoms with Crippen molar-refractivity contribution >= 4 is 17.5 Å². The first kappa shape index (κ1) is 14.1. The number of aryl methyl sites for hydroxylation is 1. The van der Waals surface area contributed by atoms with Gasteiger partial charge in [-0.1, -0.05) is 6.07 Å². The second kappa shape index (κ2) is 5.88. The van der Waals surface area contributed by atoms with Crippen LogP contribution in [-0.4, -0.2) is 36.3 Å². The van der Waals surface area contributed by atoms with Crippen molar-refractivity contribution in [3.05, 3.63) is 29.3 Å². The number of amides is 2. The summed E-state index contributed by atoms with van der Waals surface area (Å²) in [5.74, 6) is 0.267. The van der Waals surface area contributed by atoms with E-state index in [2.05, 4.69) is 0 Å². The first-order valence-corrected chi connectivity index (χ1v) is 7.87. The average molecular weight is 286 g/mol. The van der Waals surface area contributed by atoms with Crippen LogP contribution in [0.4, 0.5) is 5.69 Å². The monoisotopic (exact) mass is 286 g/mol. The molecule has 0 radical (unpaired) electrons. The molecule has 0 spiro atoms. The fourth-order valence-electron chi connectivity index (χ4n) is 3.22. The number of carbonyl (C=O) groups excluding carboxylic acids is 2. The Balaban J connectivity index is 1.86. The Bertz CT molecular complexity index is 562. The predicted molar refractivity (Wildman–Crippen MR) is 82.5 cm³/mol. The van der Waals surface area contributed by atoms with Gasteiger partial charge < -0.3 is 9.80 Å². The fraction of sp³-hybridized carbons (Fsp3) is 0.529. The molecule has 1 aromatic rings. The maximum absolute atomic E-state index is 12.6. The van der Waals surface area contributed by atoms with Crippen LogP contribution < -0.4 is 4.90 Å². The maximum Gasteiger partial charge on any atom is 0.253 e. The van der Waals surface area contributed by atoms with E-state index < -0.39 is 0 Å². The van der Waals surface area contributed by atoms with Gasteiger partial charge in [-0.25, -0.2) is 0 Å². The van der Waals surface area contributed by atoms with Gasteiger partial charge in [0.25, 0.3) is 5.91 Å². The van der Waals surface area contributed by atoms with E-state index in [1.54, 1.807) is 0 Å². The van der Waals surface area contributed by atoms with E-state index in [9.17, 15) is 9.59 Å². The van der Waals surface area contributed by atoms with Crippen LogP contribution in [-0.2, 0) is 4.79 Å². The van der Waals surface area contributed by atoms with Crippen LogP contribution in [0.2, 0.25) is 0 Å². The predicted octanol–water partition coefficient (Wildman–Crippen LogP) is 2.75. The van der Waals surface area contributed by atoms with Crippen molar-refractivity contribution in [2.75, 3.05) is 24.5 Å². The van der Waals surface area contributed by atoms with Gasteiger partial charge in [0.15, 0.2) is 0 Å². The molecule has 2 heterocycles. The van der Waals surface area contributed by atoms with Gasteiger partial charge in [0.1, 0.15) is 0 Å². The molecule has 0 atom stereocenters. The molecule has 0 unspecified atom stereocenters. The van der Waals surface area contributed by atoms with Crippen molar-refractivity contribution in [2.45, 2.75) is 39.0 Å². The molecule has 2 saturated heterocycles. The molecule has 4 nitrogen and oxygen atoms in total. The summed E-state index contributed by atoms with van der Waals surface area (Å²) in [5.41, 5.74) is 2.66. The van der Waals surface area contributed by atoms with Gasteiger partial charge in [0, 0.05) is 37.3 Å². The summed E-state index contributed by atoms with van der Waals surface area (Å²) in [6, 6.07) is 5.74. The molecule has 2 aliphatic heterocycles. The third-order valence-electron chi connectivity index (χ3n) is 4.46. The highest BCUT2D eigenvalue weighted by atomic mass is 16.2. The van der Waals surface area contributed by atoms with Gasteiger partial charge in [-0.3, -0.25) is 9.59 Å². The van der Waals surface area contributed by atoms with Gasteiger partial charge in [-0.15, -0.1) is 0 Å². The number of nitrogens with zero attached hydrogens (tertiary/aromatic N) is 2. The molecule has 3 rings (SSSR count). The highest BCUT2D eigenvalue weighted by Gasteiger charge is 2.25. The Hall–Kier alpha value is -1.84. The molecule has 4 heteroatoms. The van der Waals surface area contributed by atoms with Crippen LogP contribution in [0.5, 0.6) is 0 Å². The molecule has 0 N–H and O–H groups in total. The topological polar surface area (TPSA) is 40.6 Å². The van der Waals surface area contributed by atoms with Crippen LogP contribution in [0.3, 0.4) is 0 Å². The van der Waals surface area contributed by atoms with Crippen molar-refractivity contribution in [1.29, 1.82) is 0 Å². The number of rotatable bonds is 2. The van der Waals surface area contributed by atoms with Gasteiger partial charge in [0.2, 0.25) is 5.91 Å². The number of anilines is 1. The maximum atomic E-state index is 12.6. The minimum atomic E-state index is 0.0996. The molecule has 2 amide bonds. The lowest BCUT2D eigenvalue weighted by atomic mass is 10.1. The number of hydrogen-bond donors (Lipinski definition) is 0. The summed E-state index contributed by atoms with van der Waals surface area (Å²) in [6.45, 7) is 4.46. The van der Waals surface area contributed by atoms with Crippen molar-refractivity contribution in [3.8, 4) is 0 Å². The van der Waals surface area contributed by atoms with Gasteiger partial charge >= 0.3 is 0 Å². The second-order valence-electron chi connectivity index (χ2n) is 6.00. The van der Waals surface area contributed by atoms with E-state index >= 15 is 0 Å². The van der Waals surface area contributed by atoms with Crippen LogP contribution in [0, 0.1) is 6.92 Å². The summed E-state index contributed by atoms with van der Waals surface area (Å²) >= 11 is 0. The lowest BCUT2D eigenvalue weighted by molar-refractivity contribution is -0.117. The smallest absolute Gasteiger partial charge is 0.253 e. The lowest BCUT2D eigenvalue weighted by Gasteiger charge is -2.27. The summed E-state index contributed by atoms with van der Waals surface area (Å²) in [5, 5.41) is 0. The number of likely N-dealkylation sites (tertiary alicyclic amines) is 1. The highest BCUT2D eigenvalue weighted by Crippen LogP contribution is 2.27. The molecule has 0 bridgehead atoms. The SMILES string of the molecule is Cc1ccc(C(=O)N2CCCCC2)cc1N1CCCC1=O. The minimum Gasteiger partial charge on any atom is -0.339 e. The zero-order valence-corrected chi connectivity index (χ0v) is 12.6. The Morgan fingerprint density at radius 2 is 1.81 bits per heavy atom. The molecule has 1 aromatic carbocycles. The van der Waals surface area contributed by atoms with Crippen LogP contribution >= 0.6 is 0 Å². The molecule has 2 aliphatic rings. The van der Waals surface area contributed by atoms with Gasteiger partial charge in [0.05, 0.1) is 0 Å². The Morgan fingerprint density at radius 1 is 1.05 bits per heavy atom. The first-order valence-electron chi connectivity index (χ1n) is 7.87. The van der Waals surface area contributed by atoms with Crippen molar-refractivity contribution in [2.24, 2.45) is 0 Å².